The number of benzene rings is 2. The lowest BCUT2D eigenvalue weighted by Crippen LogP contribution is -2.97. The van der Waals surface area contributed by atoms with Gasteiger partial charge in [-0.05, 0) is 20.8 Å². The van der Waals surface area contributed by atoms with Crippen LogP contribution in [0.5, 0.6) is 17.2 Å². The number of phenolic OH excluding ortho intramolecular Hbond substituents is 2. The minimum Gasteiger partial charge on any atom is -0.504 e. The van der Waals surface area contributed by atoms with Crippen LogP contribution in [0.15, 0.2) is 51.7 Å². The summed E-state index contributed by atoms with van der Waals surface area (Å²) in [6.07, 6.45) is 0. The molecule has 3 aliphatic rings. The van der Waals surface area contributed by atoms with E-state index in [0.717, 1.165) is 19.1 Å². The third kappa shape index (κ3) is 2.65. The van der Waals surface area contributed by atoms with Crippen molar-refractivity contribution in [2.24, 2.45) is 0 Å². The van der Waals surface area contributed by atoms with Crippen LogP contribution in [-0.2, 0) is 14.3 Å². The molecule has 0 radical (unpaired) electrons. The fourth-order valence-electron chi connectivity index (χ4n) is 4.97. The van der Waals surface area contributed by atoms with E-state index in [-0.39, 0.29) is 16.7 Å². The maximum absolute atomic E-state index is 12.7. The van der Waals surface area contributed by atoms with Crippen molar-refractivity contribution in [3.05, 3.63) is 52.7 Å². The highest BCUT2D eigenvalue weighted by Gasteiger charge is 2.90. The highest BCUT2D eigenvalue weighted by Crippen LogP contribution is 2.65. The molecule has 3 unspecified atom stereocenters. The molecule has 0 saturated carbocycles. The van der Waals surface area contributed by atoms with Crippen LogP contribution < -0.4 is 10.2 Å². The molecule has 3 saturated heterocycles. The summed E-state index contributed by atoms with van der Waals surface area (Å²) in [5.41, 5.74) is -6.48. The van der Waals surface area contributed by atoms with Gasteiger partial charge < -0.3 is 39.4 Å². The van der Waals surface area contributed by atoms with Gasteiger partial charge >= 0.3 is 11.8 Å². The first-order valence-corrected chi connectivity index (χ1v) is 11.0. The summed E-state index contributed by atoms with van der Waals surface area (Å²) in [6, 6.07) is 11.0. The van der Waals surface area contributed by atoms with Crippen molar-refractivity contribution in [1.29, 1.82) is 0 Å². The van der Waals surface area contributed by atoms with Gasteiger partial charge in [-0.25, -0.2) is 4.79 Å². The van der Waals surface area contributed by atoms with E-state index in [1.165, 1.54) is 20.8 Å². The number of fused-ring (bicyclic) bond motifs is 3. The summed E-state index contributed by atoms with van der Waals surface area (Å²) >= 11 is 0. The second kappa shape index (κ2) is 6.98. The Morgan fingerprint density at radius 1 is 0.917 bits per heavy atom. The number of hydrogen-bond donors (Lipinski definition) is 5. The molecular formula is C25H24O11. The Labute approximate surface area is 203 Å². The average molecular weight is 500 g/mol. The van der Waals surface area contributed by atoms with E-state index in [0.29, 0.717) is 5.56 Å². The van der Waals surface area contributed by atoms with Crippen molar-refractivity contribution in [2.75, 3.05) is 0 Å². The molecule has 6 rings (SSSR count). The van der Waals surface area contributed by atoms with Crippen LogP contribution in [-0.4, -0.2) is 59.9 Å². The summed E-state index contributed by atoms with van der Waals surface area (Å²) in [7, 11) is 0. The number of carboxylic acid groups (broad SMARTS) is 1. The Balaban J connectivity index is 1.65. The fourth-order valence-corrected chi connectivity index (χ4v) is 4.97. The zero-order valence-corrected chi connectivity index (χ0v) is 19.7. The molecule has 36 heavy (non-hydrogen) atoms. The largest absolute Gasteiger partial charge is 0.504 e. The van der Waals surface area contributed by atoms with Crippen LogP contribution >= 0.6 is 0 Å². The third-order valence-electron chi connectivity index (χ3n) is 7.65. The van der Waals surface area contributed by atoms with E-state index in [2.05, 4.69) is 0 Å². The lowest BCUT2D eigenvalue weighted by Gasteiger charge is -2.73. The van der Waals surface area contributed by atoms with Gasteiger partial charge in [0.05, 0.1) is 0 Å². The minimum atomic E-state index is -2.60. The zero-order chi connectivity index (χ0) is 26.5. The van der Waals surface area contributed by atoms with Crippen LogP contribution in [0.1, 0.15) is 27.7 Å². The molecule has 5 N–H and O–H groups in total. The number of aliphatic carboxylic acids is 1. The van der Waals surface area contributed by atoms with Crippen LogP contribution in [0.3, 0.4) is 0 Å². The topological polar surface area (TPSA) is 176 Å². The quantitative estimate of drug-likeness (QED) is 0.331. The van der Waals surface area contributed by atoms with Gasteiger partial charge in [-0.3, -0.25) is 9.53 Å². The van der Waals surface area contributed by atoms with Gasteiger partial charge in [-0.2, -0.15) is 0 Å². The van der Waals surface area contributed by atoms with Crippen LogP contribution in [0.4, 0.5) is 0 Å². The molecule has 11 heteroatoms. The number of carbonyl (C=O) groups is 1. The monoisotopic (exact) mass is 500 g/mol. The maximum atomic E-state index is 12.7. The van der Waals surface area contributed by atoms with E-state index >= 15 is 0 Å². The maximum Gasteiger partial charge on any atom is 0.367 e. The first-order valence-electron chi connectivity index (χ1n) is 11.0. The smallest absolute Gasteiger partial charge is 0.367 e. The minimum absolute atomic E-state index is 0.154. The SMILES string of the molecule is CC1(O)C2(C)OC(C(=O)O)(O[C@@]1(C)Oc1cc3oc(-c4ccccc4)cc(=O)c3c(O)c1O)[C@@]2(C)O. The van der Waals surface area contributed by atoms with Crippen molar-refractivity contribution >= 4 is 16.9 Å². The van der Waals surface area contributed by atoms with Gasteiger partial charge in [0.15, 0.2) is 28.1 Å². The molecule has 1 aromatic heterocycles. The molecule has 0 amide bonds. The Hall–Kier alpha value is -3.64. The predicted octanol–water partition coefficient (Wildman–Crippen LogP) is 2.07. The van der Waals surface area contributed by atoms with Crippen molar-refractivity contribution in [2.45, 2.75) is 56.1 Å². The van der Waals surface area contributed by atoms with Crippen molar-refractivity contribution in [3.63, 3.8) is 0 Å². The molecular weight excluding hydrogens is 476 g/mol. The highest BCUT2D eigenvalue weighted by molar-refractivity contribution is 5.89. The molecule has 190 valence electrons. The number of aromatic hydroxyl groups is 2. The van der Waals surface area contributed by atoms with Crippen molar-refractivity contribution in [3.8, 4) is 28.6 Å². The number of ether oxygens (including phenoxy) is 3. The summed E-state index contributed by atoms with van der Waals surface area (Å²) < 4.78 is 22.6. The van der Waals surface area contributed by atoms with Crippen LogP contribution in [0, 0.1) is 0 Å². The first-order chi connectivity index (χ1) is 16.6. The molecule has 3 aromatic rings. The van der Waals surface area contributed by atoms with Gasteiger partial charge in [-0.1, -0.05) is 30.3 Å². The van der Waals surface area contributed by atoms with E-state index in [9.17, 15) is 35.1 Å². The molecule has 2 aromatic carbocycles. The zero-order valence-electron chi connectivity index (χ0n) is 19.7. The van der Waals surface area contributed by atoms with Gasteiger partial charge in [0.25, 0.3) is 0 Å². The number of rotatable bonds is 4. The first kappa shape index (κ1) is 24.1. The molecule has 0 aliphatic carbocycles. The van der Waals surface area contributed by atoms with Crippen LogP contribution in [0.2, 0.25) is 0 Å². The van der Waals surface area contributed by atoms with E-state index in [4.69, 9.17) is 18.6 Å². The fraction of sp³-hybridized carbons (Fsp3) is 0.360. The Kier molecular flexibility index (Phi) is 4.67. The average Bonchev–Trinajstić information content (AvgIpc) is 2.80. The lowest BCUT2D eigenvalue weighted by molar-refractivity contribution is -0.579. The van der Waals surface area contributed by atoms with Gasteiger partial charge in [0.2, 0.25) is 11.5 Å². The highest BCUT2D eigenvalue weighted by atomic mass is 16.9. The number of carboxylic acids is 1. The molecule has 0 spiro atoms. The summed E-state index contributed by atoms with van der Waals surface area (Å²) in [5, 5.41) is 53.1. The molecule has 3 aliphatic heterocycles. The van der Waals surface area contributed by atoms with Gasteiger partial charge in [0.1, 0.15) is 22.3 Å². The summed E-state index contributed by atoms with van der Waals surface area (Å²) in [6.45, 7) is 4.84. The van der Waals surface area contributed by atoms with Crippen molar-refractivity contribution in [1.82, 2.24) is 0 Å². The lowest BCUT2D eigenvalue weighted by atomic mass is 9.58. The second-order valence-corrected chi connectivity index (χ2v) is 9.64. The van der Waals surface area contributed by atoms with E-state index in [1.54, 1.807) is 30.3 Å². The molecule has 11 nitrogen and oxygen atoms in total. The predicted molar refractivity (Wildman–Crippen MR) is 122 cm³/mol. The standard InChI is InChI=1S/C25H24O11/c1-21(31)23(3)22(2,32)25(35-23,20(29)30)36-24(21,4)34-16-11-15-17(19(28)18(16)27)13(26)10-14(33-15)12-8-6-5-7-9-12/h5-11,27-28,31-32H,1-4H3,(H,29,30)/t21?,22-,23?,24+,25?/m0/s1. The van der Waals surface area contributed by atoms with Gasteiger partial charge in [-0.15, -0.1) is 0 Å². The van der Waals surface area contributed by atoms with E-state index in [1.807, 2.05) is 0 Å². The Morgan fingerprint density at radius 2 is 1.56 bits per heavy atom. The Bertz CT molecular complexity index is 1470. The third-order valence-corrected chi connectivity index (χ3v) is 7.65. The summed E-state index contributed by atoms with van der Waals surface area (Å²) in [5.74, 6) is -8.53. The number of hydrogen-bond acceptors (Lipinski definition) is 10. The number of aliphatic hydroxyl groups is 2. The summed E-state index contributed by atoms with van der Waals surface area (Å²) in [4.78, 5) is 24.8. The van der Waals surface area contributed by atoms with Crippen molar-refractivity contribution < 1.29 is 49.0 Å². The molecule has 5 atom stereocenters. The van der Waals surface area contributed by atoms with Crippen LogP contribution in [0.25, 0.3) is 22.3 Å². The number of phenols is 2. The molecule has 4 heterocycles. The van der Waals surface area contributed by atoms with E-state index < -0.39 is 57.0 Å². The normalized spacial score (nSPS) is 35.3. The Morgan fingerprint density at radius 3 is 2.14 bits per heavy atom. The second-order valence-electron chi connectivity index (χ2n) is 9.64. The molecule has 3 fully saturated rings. The van der Waals surface area contributed by atoms with Gasteiger partial charge in [0, 0.05) is 24.6 Å². The molecule has 2 bridgehead atoms.